The highest BCUT2D eigenvalue weighted by atomic mass is 32.2. The normalized spacial score (nSPS) is 10.9. The molecule has 0 fully saturated rings. The van der Waals surface area contributed by atoms with Gasteiger partial charge in [0, 0.05) is 27.7 Å². The molecule has 1 aromatic heterocycles. The summed E-state index contributed by atoms with van der Waals surface area (Å²) >= 11 is 2.74. The molecule has 4 rings (SSSR count). The summed E-state index contributed by atoms with van der Waals surface area (Å²) in [6.45, 7) is 0. The Hall–Kier alpha value is -4.21. The third-order valence-electron chi connectivity index (χ3n) is 4.80. The molecule has 0 aliphatic heterocycles. The number of carbonyl (C=O) groups is 3. The minimum atomic E-state index is -0.452. The Morgan fingerprint density at radius 2 is 1.56 bits per heavy atom. The molecule has 7 nitrogen and oxygen atoms in total. The van der Waals surface area contributed by atoms with Gasteiger partial charge >= 0.3 is 0 Å². The van der Waals surface area contributed by atoms with E-state index < -0.39 is 5.91 Å². The predicted octanol–water partition coefficient (Wildman–Crippen LogP) is 5.28. The van der Waals surface area contributed by atoms with Gasteiger partial charge in [-0.05, 0) is 48.0 Å². The number of benzene rings is 3. The van der Waals surface area contributed by atoms with Gasteiger partial charge in [-0.15, -0.1) is 23.1 Å². The predicted molar refractivity (Wildman–Crippen MR) is 145 cm³/mol. The van der Waals surface area contributed by atoms with E-state index in [2.05, 4.69) is 20.9 Å². The van der Waals surface area contributed by atoms with E-state index in [-0.39, 0.29) is 23.3 Å². The maximum absolute atomic E-state index is 13.1. The van der Waals surface area contributed by atoms with Crippen molar-refractivity contribution in [1.29, 1.82) is 0 Å². The molecule has 3 N–H and O–H groups in total. The number of nitrogens with one attached hydrogen (secondary N) is 3. The molecule has 9 heteroatoms. The number of anilines is 2. The van der Waals surface area contributed by atoms with Crippen LogP contribution in [0.2, 0.25) is 0 Å². The van der Waals surface area contributed by atoms with Crippen molar-refractivity contribution in [3.05, 3.63) is 113 Å². The van der Waals surface area contributed by atoms with Gasteiger partial charge in [0.2, 0.25) is 5.91 Å². The van der Waals surface area contributed by atoms with Crippen LogP contribution in [0.3, 0.4) is 0 Å². The van der Waals surface area contributed by atoms with E-state index in [0.717, 1.165) is 10.5 Å². The summed E-state index contributed by atoms with van der Waals surface area (Å²) in [5.41, 5.74) is 1.90. The average Bonchev–Trinajstić information content (AvgIpc) is 3.42. The summed E-state index contributed by atoms with van der Waals surface area (Å²) in [5, 5.41) is 10.6. The van der Waals surface area contributed by atoms with Gasteiger partial charge in [0.1, 0.15) is 5.70 Å². The van der Waals surface area contributed by atoms with Crippen LogP contribution < -0.4 is 16.0 Å². The van der Waals surface area contributed by atoms with Crippen molar-refractivity contribution in [2.45, 2.75) is 4.90 Å². The molecule has 1 heterocycles. The molecule has 36 heavy (non-hydrogen) atoms. The first-order valence-corrected chi connectivity index (χ1v) is 12.8. The number of nitrogens with zero attached hydrogens (tertiary/aromatic N) is 1. The average molecular weight is 515 g/mol. The van der Waals surface area contributed by atoms with Gasteiger partial charge in [-0.1, -0.05) is 48.5 Å². The van der Waals surface area contributed by atoms with Crippen molar-refractivity contribution >= 4 is 57.7 Å². The number of rotatable bonds is 9. The highest BCUT2D eigenvalue weighted by Crippen LogP contribution is 2.21. The van der Waals surface area contributed by atoms with Gasteiger partial charge in [-0.3, -0.25) is 14.4 Å². The minimum absolute atomic E-state index is 0.118. The summed E-state index contributed by atoms with van der Waals surface area (Å²) < 4.78 is 0. The highest BCUT2D eigenvalue weighted by Gasteiger charge is 2.15. The number of amides is 3. The second-order valence-corrected chi connectivity index (χ2v) is 9.38. The molecule has 0 radical (unpaired) electrons. The standard InChI is InChI=1S/C27H22N4O3S2/c32-24(31-27-28-15-16-35-27)18-36-22-13-11-21(12-14-22)29-26(34)23(17-19-7-3-1-4-8-19)30-25(33)20-9-5-2-6-10-20/h1-17H,18H2,(H,29,34)(H,30,33)(H,28,31,32)/b23-17-. The summed E-state index contributed by atoms with van der Waals surface area (Å²) in [6, 6.07) is 25.1. The van der Waals surface area contributed by atoms with Gasteiger partial charge in [-0.25, -0.2) is 4.98 Å². The Kier molecular flexibility index (Phi) is 8.63. The number of carbonyl (C=O) groups excluding carboxylic acids is 3. The molecular formula is C27H22N4O3S2. The number of hydrogen-bond acceptors (Lipinski definition) is 6. The lowest BCUT2D eigenvalue weighted by Gasteiger charge is -2.12. The van der Waals surface area contributed by atoms with Gasteiger partial charge in [0.25, 0.3) is 11.8 Å². The van der Waals surface area contributed by atoms with Gasteiger partial charge in [0.15, 0.2) is 5.13 Å². The van der Waals surface area contributed by atoms with Crippen molar-refractivity contribution in [3.8, 4) is 0 Å². The maximum atomic E-state index is 13.1. The minimum Gasteiger partial charge on any atom is -0.321 e. The van der Waals surface area contributed by atoms with E-state index in [4.69, 9.17) is 0 Å². The third-order valence-corrected chi connectivity index (χ3v) is 6.50. The van der Waals surface area contributed by atoms with E-state index in [0.29, 0.717) is 16.4 Å². The van der Waals surface area contributed by atoms with E-state index in [1.165, 1.54) is 23.1 Å². The molecule has 0 atom stereocenters. The summed E-state index contributed by atoms with van der Waals surface area (Å²) in [4.78, 5) is 42.7. The SMILES string of the molecule is O=C(CSc1ccc(NC(=O)/C(=C/c2ccccc2)NC(=O)c2ccccc2)cc1)Nc1nccs1. The summed E-state index contributed by atoms with van der Waals surface area (Å²) in [7, 11) is 0. The molecule has 0 aliphatic carbocycles. The fourth-order valence-electron chi connectivity index (χ4n) is 3.08. The Morgan fingerprint density at radius 1 is 0.861 bits per heavy atom. The molecule has 3 amide bonds. The van der Waals surface area contributed by atoms with Crippen LogP contribution in [-0.2, 0) is 9.59 Å². The number of aromatic nitrogens is 1. The van der Waals surface area contributed by atoms with Gasteiger partial charge < -0.3 is 16.0 Å². The molecule has 0 aliphatic rings. The summed E-state index contributed by atoms with van der Waals surface area (Å²) in [5.74, 6) is -0.736. The van der Waals surface area contributed by atoms with Crippen LogP contribution in [0.5, 0.6) is 0 Å². The van der Waals surface area contributed by atoms with E-state index in [1.807, 2.05) is 48.5 Å². The first kappa shape index (κ1) is 24.9. The van der Waals surface area contributed by atoms with Crippen LogP contribution in [0.15, 0.2) is 107 Å². The molecule has 180 valence electrons. The number of thioether (sulfide) groups is 1. The molecule has 4 aromatic rings. The second-order valence-electron chi connectivity index (χ2n) is 7.44. The topological polar surface area (TPSA) is 100 Å². The first-order valence-electron chi connectivity index (χ1n) is 10.9. The van der Waals surface area contributed by atoms with Crippen molar-refractivity contribution in [2.75, 3.05) is 16.4 Å². The van der Waals surface area contributed by atoms with E-state index in [9.17, 15) is 14.4 Å². The van der Waals surface area contributed by atoms with Crippen molar-refractivity contribution in [1.82, 2.24) is 10.3 Å². The fraction of sp³-hybridized carbons (Fsp3) is 0.0370. The molecule has 3 aromatic carbocycles. The number of hydrogen-bond donors (Lipinski definition) is 3. The molecule has 0 saturated carbocycles. The lowest BCUT2D eigenvalue weighted by atomic mass is 10.1. The first-order chi connectivity index (χ1) is 17.6. The van der Waals surface area contributed by atoms with Crippen LogP contribution in [0.25, 0.3) is 6.08 Å². The van der Waals surface area contributed by atoms with Crippen molar-refractivity contribution in [3.63, 3.8) is 0 Å². The van der Waals surface area contributed by atoms with Gasteiger partial charge in [0.05, 0.1) is 5.75 Å². The zero-order valence-corrected chi connectivity index (χ0v) is 20.6. The van der Waals surface area contributed by atoms with Crippen LogP contribution in [-0.4, -0.2) is 28.5 Å². The quantitative estimate of drug-likeness (QED) is 0.208. The molecule has 0 spiro atoms. The van der Waals surface area contributed by atoms with Crippen LogP contribution in [0.1, 0.15) is 15.9 Å². The monoisotopic (exact) mass is 514 g/mol. The van der Waals surface area contributed by atoms with Gasteiger partial charge in [-0.2, -0.15) is 0 Å². The molecular weight excluding hydrogens is 492 g/mol. The number of thiazole rings is 1. The third kappa shape index (κ3) is 7.39. The Bertz CT molecular complexity index is 1340. The Morgan fingerprint density at radius 3 is 2.22 bits per heavy atom. The maximum Gasteiger partial charge on any atom is 0.272 e. The van der Waals surface area contributed by atoms with Crippen LogP contribution in [0.4, 0.5) is 10.8 Å². The zero-order chi connectivity index (χ0) is 25.2. The summed E-state index contributed by atoms with van der Waals surface area (Å²) in [6.07, 6.45) is 3.26. The van der Waals surface area contributed by atoms with Crippen molar-refractivity contribution < 1.29 is 14.4 Å². The largest absolute Gasteiger partial charge is 0.321 e. The van der Waals surface area contributed by atoms with Crippen molar-refractivity contribution in [2.24, 2.45) is 0 Å². The molecule has 0 unspecified atom stereocenters. The fourth-order valence-corrected chi connectivity index (χ4v) is 4.32. The molecule has 0 bridgehead atoms. The Labute approximate surface area is 216 Å². The lowest BCUT2D eigenvalue weighted by molar-refractivity contribution is -0.114. The smallest absolute Gasteiger partial charge is 0.272 e. The molecule has 0 saturated heterocycles. The van der Waals surface area contributed by atoms with E-state index >= 15 is 0 Å². The highest BCUT2D eigenvalue weighted by molar-refractivity contribution is 8.00. The zero-order valence-electron chi connectivity index (χ0n) is 19.0. The van der Waals surface area contributed by atoms with Crippen LogP contribution >= 0.6 is 23.1 Å². The van der Waals surface area contributed by atoms with Crippen LogP contribution in [0, 0.1) is 0 Å². The van der Waals surface area contributed by atoms with E-state index in [1.54, 1.807) is 54.1 Å². The lowest BCUT2D eigenvalue weighted by Crippen LogP contribution is -2.30. The second kappa shape index (κ2) is 12.5. The Balaban J connectivity index is 1.40.